The van der Waals surface area contributed by atoms with Crippen molar-refractivity contribution in [1.29, 1.82) is 0 Å². The van der Waals surface area contributed by atoms with Crippen LogP contribution < -0.4 is 5.73 Å². The molecule has 2 rings (SSSR count). The van der Waals surface area contributed by atoms with Gasteiger partial charge in [0.2, 0.25) is 0 Å². The fourth-order valence-corrected chi connectivity index (χ4v) is 2.97. The molecule has 20 heavy (non-hydrogen) atoms. The maximum atomic E-state index is 12.7. The minimum absolute atomic E-state index is 0.137. The van der Waals surface area contributed by atoms with Crippen LogP contribution in [0.15, 0.2) is 0 Å². The third kappa shape index (κ3) is 2.87. The summed E-state index contributed by atoms with van der Waals surface area (Å²) in [5.41, 5.74) is 8.34. The fourth-order valence-electron chi connectivity index (χ4n) is 2.97. The van der Waals surface area contributed by atoms with Gasteiger partial charge in [-0.3, -0.25) is 9.48 Å². The van der Waals surface area contributed by atoms with Crippen molar-refractivity contribution in [2.75, 3.05) is 19.6 Å². The normalized spacial score (nSPS) is 16.7. The lowest BCUT2D eigenvalue weighted by Gasteiger charge is -2.31. The van der Waals surface area contributed by atoms with Crippen molar-refractivity contribution in [1.82, 2.24) is 14.7 Å². The van der Waals surface area contributed by atoms with Crippen LogP contribution in [0, 0.1) is 19.8 Å². The van der Waals surface area contributed by atoms with E-state index in [0.29, 0.717) is 5.92 Å². The smallest absolute Gasteiger partial charge is 0.257 e. The molecule has 0 aromatic carbocycles. The number of amides is 1. The number of hydrogen-bond donors (Lipinski definition) is 1. The average molecular weight is 278 g/mol. The fraction of sp³-hybridized carbons (Fsp3) is 0.733. The van der Waals surface area contributed by atoms with Gasteiger partial charge >= 0.3 is 0 Å². The Morgan fingerprint density at radius 2 is 2.00 bits per heavy atom. The Kier molecular flexibility index (Phi) is 4.81. The molecule has 0 radical (unpaired) electrons. The Morgan fingerprint density at radius 1 is 1.35 bits per heavy atom. The molecule has 5 nitrogen and oxygen atoms in total. The second-order valence-electron chi connectivity index (χ2n) is 5.74. The summed E-state index contributed by atoms with van der Waals surface area (Å²) in [5, 5.41) is 4.50. The highest BCUT2D eigenvalue weighted by atomic mass is 16.2. The molecule has 2 N–H and O–H groups in total. The molecule has 1 aliphatic heterocycles. The summed E-state index contributed by atoms with van der Waals surface area (Å²) in [6.07, 6.45) is 3.06. The largest absolute Gasteiger partial charge is 0.339 e. The van der Waals surface area contributed by atoms with Gasteiger partial charge in [0.25, 0.3) is 5.91 Å². The van der Waals surface area contributed by atoms with Crippen LogP contribution in [0.1, 0.15) is 47.9 Å². The minimum Gasteiger partial charge on any atom is -0.339 e. The maximum Gasteiger partial charge on any atom is 0.257 e. The highest BCUT2D eigenvalue weighted by molar-refractivity contribution is 5.96. The first-order valence-corrected chi connectivity index (χ1v) is 7.61. The molecular weight excluding hydrogens is 252 g/mol. The molecule has 1 aliphatic rings. The second kappa shape index (κ2) is 6.39. The second-order valence-corrected chi connectivity index (χ2v) is 5.74. The van der Waals surface area contributed by atoms with Crippen molar-refractivity contribution >= 4 is 5.91 Å². The number of carbonyl (C=O) groups is 1. The lowest BCUT2D eigenvalue weighted by Crippen LogP contribution is -2.40. The topological polar surface area (TPSA) is 64.2 Å². The van der Waals surface area contributed by atoms with Gasteiger partial charge in [-0.2, -0.15) is 5.10 Å². The number of likely N-dealkylation sites (tertiary alicyclic amines) is 1. The summed E-state index contributed by atoms with van der Waals surface area (Å²) in [6.45, 7) is 9.28. The Bertz CT molecular complexity index is 472. The monoisotopic (exact) mass is 278 g/mol. The van der Waals surface area contributed by atoms with E-state index < -0.39 is 0 Å². The average Bonchev–Trinajstić information content (AvgIpc) is 2.73. The van der Waals surface area contributed by atoms with E-state index in [9.17, 15) is 4.79 Å². The molecule has 1 aromatic heterocycles. The van der Waals surface area contributed by atoms with Gasteiger partial charge in [0.05, 0.1) is 11.3 Å². The standard InChI is InChI=1S/C15H26N4O/c1-4-7-19-12(3)14(11(2)17-19)15(20)18-8-5-13(10-16)6-9-18/h13H,4-10,16H2,1-3H3. The van der Waals surface area contributed by atoms with E-state index in [1.807, 2.05) is 23.4 Å². The summed E-state index contributed by atoms with van der Waals surface area (Å²) in [7, 11) is 0. The summed E-state index contributed by atoms with van der Waals surface area (Å²) in [4.78, 5) is 14.7. The lowest BCUT2D eigenvalue weighted by molar-refractivity contribution is 0.0692. The van der Waals surface area contributed by atoms with Crippen LogP contribution in [0.25, 0.3) is 0 Å². The first-order valence-electron chi connectivity index (χ1n) is 7.61. The summed E-state index contributed by atoms with van der Waals surface area (Å²) < 4.78 is 1.95. The number of rotatable bonds is 4. The molecule has 112 valence electrons. The zero-order valence-electron chi connectivity index (χ0n) is 12.9. The van der Waals surface area contributed by atoms with Crippen LogP contribution in [0.2, 0.25) is 0 Å². The maximum absolute atomic E-state index is 12.7. The predicted molar refractivity (Wildman–Crippen MR) is 79.7 cm³/mol. The number of aryl methyl sites for hydroxylation is 2. The van der Waals surface area contributed by atoms with Crippen LogP contribution >= 0.6 is 0 Å². The van der Waals surface area contributed by atoms with E-state index in [1.54, 1.807) is 0 Å². The van der Waals surface area contributed by atoms with Crippen molar-refractivity contribution in [3.63, 3.8) is 0 Å². The van der Waals surface area contributed by atoms with Gasteiger partial charge in [0.15, 0.2) is 0 Å². The Balaban J connectivity index is 2.13. The number of nitrogens with two attached hydrogens (primary N) is 1. The van der Waals surface area contributed by atoms with Gasteiger partial charge in [-0.05, 0) is 45.6 Å². The molecule has 2 heterocycles. The van der Waals surface area contributed by atoms with Crippen LogP contribution in [-0.2, 0) is 6.54 Å². The Labute approximate surface area is 121 Å². The highest BCUT2D eigenvalue weighted by Crippen LogP contribution is 2.21. The number of piperidine rings is 1. The molecule has 0 spiro atoms. The van der Waals surface area contributed by atoms with Crippen molar-refractivity contribution in [2.24, 2.45) is 11.7 Å². The molecule has 5 heteroatoms. The van der Waals surface area contributed by atoms with Crippen molar-refractivity contribution < 1.29 is 4.79 Å². The van der Waals surface area contributed by atoms with Gasteiger partial charge < -0.3 is 10.6 Å². The van der Waals surface area contributed by atoms with Crippen LogP contribution in [-0.4, -0.2) is 40.2 Å². The SMILES string of the molecule is CCCn1nc(C)c(C(=O)N2CCC(CN)CC2)c1C. The van der Waals surface area contributed by atoms with E-state index in [-0.39, 0.29) is 5.91 Å². The molecule has 0 saturated carbocycles. The van der Waals surface area contributed by atoms with E-state index in [0.717, 1.165) is 62.4 Å². The van der Waals surface area contributed by atoms with Gasteiger partial charge in [-0.1, -0.05) is 6.92 Å². The van der Waals surface area contributed by atoms with Crippen LogP contribution in [0.4, 0.5) is 0 Å². The molecule has 1 saturated heterocycles. The Hall–Kier alpha value is -1.36. The Morgan fingerprint density at radius 3 is 2.55 bits per heavy atom. The van der Waals surface area contributed by atoms with Crippen molar-refractivity contribution in [3.05, 3.63) is 17.0 Å². The molecule has 1 fully saturated rings. The zero-order chi connectivity index (χ0) is 14.7. The van der Waals surface area contributed by atoms with Crippen molar-refractivity contribution in [3.8, 4) is 0 Å². The number of nitrogens with zero attached hydrogens (tertiary/aromatic N) is 3. The third-order valence-electron chi connectivity index (χ3n) is 4.27. The molecule has 0 atom stereocenters. The highest BCUT2D eigenvalue weighted by Gasteiger charge is 2.27. The molecule has 1 amide bonds. The molecular formula is C15H26N4O. The van der Waals surface area contributed by atoms with Crippen molar-refractivity contribution in [2.45, 2.75) is 46.6 Å². The van der Waals surface area contributed by atoms with Gasteiger partial charge in [0, 0.05) is 25.3 Å². The van der Waals surface area contributed by atoms with Crippen LogP contribution in [0.3, 0.4) is 0 Å². The minimum atomic E-state index is 0.137. The summed E-state index contributed by atoms with van der Waals surface area (Å²) in [6, 6.07) is 0. The molecule has 1 aromatic rings. The van der Waals surface area contributed by atoms with Crippen LogP contribution in [0.5, 0.6) is 0 Å². The van der Waals surface area contributed by atoms with Gasteiger partial charge in [0.1, 0.15) is 0 Å². The third-order valence-corrected chi connectivity index (χ3v) is 4.27. The molecule has 0 unspecified atom stereocenters. The van der Waals surface area contributed by atoms with E-state index in [4.69, 9.17) is 5.73 Å². The lowest BCUT2D eigenvalue weighted by atomic mass is 9.96. The summed E-state index contributed by atoms with van der Waals surface area (Å²) >= 11 is 0. The predicted octanol–water partition coefficient (Wildman–Crippen LogP) is 1.72. The number of carbonyl (C=O) groups excluding carboxylic acids is 1. The zero-order valence-corrected chi connectivity index (χ0v) is 12.9. The van der Waals surface area contributed by atoms with E-state index >= 15 is 0 Å². The molecule has 0 bridgehead atoms. The van der Waals surface area contributed by atoms with Gasteiger partial charge in [-0.15, -0.1) is 0 Å². The first-order chi connectivity index (χ1) is 9.58. The quantitative estimate of drug-likeness (QED) is 0.912. The van der Waals surface area contributed by atoms with E-state index in [2.05, 4.69) is 12.0 Å². The number of aromatic nitrogens is 2. The van der Waals surface area contributed by atoms with Gasteiger partial charge in [-0.25, -0.2) is 0 Å². The summed E-state index contributed by atoms with van der Waals surface area (Å²) in [5.74, 6) is 0.710. The number of hydrogen-bond acceptors (Lipinski definition) is 3. The molecule has 0 aliphatic carbocycles. The van der Waals surface area contributed by atoms with E-state index in [1.165, 1.54) is 0 Å². The first kappa shape index (κ1) is 15.0.